The Bertz CT molecular complexity index is 497. The van der Waals surface area contributed by atoms with Crippen LogP contribution in [0.2, 0.25) is 0 Å². The summed E-state index contributed by atoms with van der Waals surface area (Å²) < 4.78 is 13.0. The Morgan fingerprint density at radius 2 is 1.79 bits per heavy atom. The summed E-state index contributed by atoms with van der Waals surface area (Å²) in [6, 6.07) is 6.69. The highest BCUT2D eigenvalue weighted by molar-refractivity contribution is 6.21. The van der Waals surface area contributed by atoms with Crippen LogP contribution in [-0.4, -0.2) is 42.0 Å². The Hall–Kier alpha value is -1.75. The highest BCUT2D eigenvalue weighted by atomic mass is 19.1. The topological polar surface area (TPSA) is 49.4 Å². The molecule has 1 aliphatic heterocycles. The SMILES string of the molecule is O=C1c2ccccc2C(=O)N1CCNC1CCC1F. The molecule has 1 aromatic carbocycles. The van der Waals surface area contributed by atoms with Gasteiger partial charge in [0.1, 0.15) is 6.17 Å². The first-order chi connectivity index (χ1) is 9.18. The van der Waals surface area contributed by atoms with E-state index in [1.54, 1.807) is 24.3 Å². The van der Waals surface area contributed by atoms with Crippen molar-refractivity contribution in [1.82, 2.24) is 10.2 Å². The maximum Gasteiger partial charge on any atom is 0.261 e. The average Bonchev–Trinajstić information content (AvgIpc) is 2.67. The molecular formula is C14H15FN2O2. The normalized spacial score (nSPS) is 25.4. The van der Waals surface area contributed by atoms with E-state index in [0.29, 0.717) is 24.1 Å². The maximum atomic E-state index is 13.0. The summed E-state index contributed by atoms with van der Waals surface area (Å²) in [6.45, 7) is 0.728. The Labute approximate surface area is 110 Å². The first kappa shape index (κ1) is 12.3. The zero-order valence-electron chi connectivity index (χ0n) is 10.4. The smallest absolute Gasteiger partial charge is 0.261 e. The van der Waals surface area contributed by atoms with Crippen LogP contribution < -0.4 is 5.32 Å². The molecule has 2 amide bonds. The van der Waals surface area contributed by atoms with Gasteiger partial charge in [0.05, 0.1) is 11.1 Å². The fraction of sp³-hybridized carbons (Fsp3) is 0.429. The second-order valence-corrected chi connectivity index (χ2v) is 4.96. The Morgan fingerprint density at radius 1 is 1.16 bits per heavy atom. The minimum absolute atomic E-state index is 0.116. The lowest BCUT2D eigenvalue weighted by Gasteiger charge is -2.31. The molecule has 2 atom stereocenters. The molecule has 2 aliphatic rings. The molecule has 2 unspecified atom stereocenters. The number of halogens is 1. The molecule has 3 rings (SSSR count). The fourth-order valence-corrected chi connectivity index (χ4v) is 2.49. The molecule has 5 heteroatoms. The molecule has 4 nitrogen and oxygen atoms in total. The van der Waals surface area contributed by atoms with Gasteiger partial charge in [-0.05, 0) is 25.0 Å². The third-order valence-electron chi connectivity index (χ3n) is 3.81. The number of rotatable bonds is 4. The maximum absolute atomic E-state index is 13.0. The molecular weight excluding hydrogens is 247 g/mol. The molecule has 0 spiro atoms. The first-order valence-electron chi connectivity index (χ1n) is 6.51. The highest BCUT2D eigenvalue weighted by Crippen LogP contribution is 2.24. The van der Waals surface area contributed by atoms with E-state index < -0.39 is 6.17 Å². The van der Waals surface area contributed by atoms with E-state index in [-0.39, 0.29) is 24.4 Å². The average molecular weight is 262 g/mol. The molecule has 1 aromatic rings. The van der Waals surface area contributed by atoms with Gasteiger partial charge in [-0.3, -0.25) is 14.5 Å². The molecule has 0 saturated heterocycles. The quantitative estimate of drug-likeness (QED) is 0.834. The predicted octanol–water partition coefficient (Wildman–Crippen LogP) is 1.37. The lowest BCUT2D eigenvalue weighted by Crippen LogP contribution is -2.48. The van der Waals surface area contributed by atoms with E-state index in [4.69, 9.17) is 0 Å². The molecule has 0 radical (unpaired) electrons. The van der Waals surface area contributed by atoms with Gasteiger partial charge in [-0.2, -0.15) is 0 Å². The van der Waals surface area contributed by atoms with Crippen LogP contribution in [0.3, 0.4) is 0 Å². The molecule has 1 aliphatic carbocycles. The number of amides is 2. The Balaban J connectivity index is 1.61. The van der Waals surface area contributed by atoms with Crippen molar-refractivity contribution in [2.45, 2.75) is 25.1 Å². The number of carbonyl (C=O) groups excluding carboxylic acids is 2. The van der Waals surface area contributed by atoms with Gasteiger partial charge in [0.15, 0.2) is 0 Å². The third-order valence-corrected chi connectivity index (χ3v) is 3.81. The Morgan fingerprint density at radius 3 is 2.26 bits per heavy atom. The van der Waals surface area contributed by atoms with Gasteiger partial charge in [0, 0.05) is 19.1 Å². The van der Waals surface area contributed by atoms with Gasteiger partial charge in [-0.25, -0.2) is 4.39 Å². The minimum atomic E-state index is -0.790. The monoisotopic (exact) mass is 262 g/mol. The Kier molecular flexibility index (Phi) is 3.06. The van der Waals surface area contributed by atoms with Crippen molar-refractivity contribution in [3.63, 3.8) is 0 Å². The second kappa shape index (κ2) is 4.74. The lowest BCUT2D eigenvalue weighted by atomic mass is 9.91. The van der Waals surface area contributed by atoms with E-state index in [9.17, 15) is 14.0 Å². The zero-order chi connectivity index (χ0) is 13.4. The molecule has 0 bridgehead atoms. The number of nitrogens with one attached hydrogen (secondary N) is 1. The minimum Gasteiger partial charge on any atom is -0.309 e. The molecule has 1 fully saturated rings. The number of imide groups is 1. The number of nitrogens with zero attached hydrogens (tertiary/aromatic N) is 1. The highest BCUT2D eigenvalue weighted by Gasteiger charge is 2.35. The van der Waals surface area contributed by atoms with E-state index >= 15 is 0 Å². The summed E-state index contributed by atoms with van der Waals surface area (Å²) >= 11 is 0. The molecule has 1 heterocycles. The van der Waals surface area contributed by atoms with Crippen LogP contribution in [0.25, 0.3) is 0 Å². The van der Waals surface area contributed by atoms with Crippen LogP contribution in [0, 0.1) is 0 Å². The molecule has 0 aromatic heterocycles. The van der Waals surface area contributed by atoms with Crippen molar-refractivity contribution < 1.29 is 14.0 Å². The molecule has 19 heavy (non-hydrogen) atoms. The van der Waals surface area contributed by atoms with Crippen LogP contribution in [0.15, 0.2) is 24.3 Å². The van der Waals surface area contributed by atoms with Crippen molar-refractivity contribution in [1.29, 1.82) is 0 Å². The van der Waals surface area contributed by atoms with Gasteiger partial charge in [-0.15, -0.1) is 0 Å². The van der Waals surface area contributed by atoms with E-state index in [1.807, 2.05) is 0 Å². The van der Waals surface area contributed by atoms with Crippen molar-refractivity contribution in [3.8, 4) is 0 Å². The van der Waals surface area contributed by atoms with Crippen molar-refractivity contribution in [2.75, 3.05) is 13.1 Å². The molecule has 1 saturated carbocycles. The van der Waals surface area contributed by atoms with Crippen LogP contribution in [0.4, 0.5) is 4.39 Å². The van der Waals surface area contributed by atoms with E-state index in [0.717, 1.165) is 6.42 Å². The van der Waals surface area contributed by atoms with Crippen LogP contribution in [-0.2, 0) is 0 Å². The molecule has 1 N–H and O–H groups in total. The zero-order valence-corrected chi connectivity index (χ0v) is 10.4. The van der Waals surface area contributed by atoms with Gasteiger partial charge >= 0.3 is 0 Å². The fourth-order valence-electron chi connectivity index (χ4n) is 2.49. The summed E-state index contributed by atoms with van der Waals surface area (Å²) in [4.78, 5) is 25.3. The molecule has 100 valence electrons. The summed E-state index contributed by atoms with van der Waals surface area (Å²) in [5.41, 5.74) is 0.916. The standard InChI is InChI=1S/C14H15FN2O2/c15-11-5-6-12(11)16-7-8-17-13(18)9-3-1-2-4-10(9)14(17)19/h1-4,11-12,16H,5-8H2. The van der Waals surface area contributed by atoms with Gasteiger partial charge < -0.3 is 5.32 Å². The van der Waals surface area contributed by atoms with Crippen molar-refractivity contribution in [3.05, 3.63) is 35.4 Å². The second-order valence-electron chi connectivity index (χ2n) is 4.96. The van der Waals surface area contributed by atoms with E-state index in [2.05, 4.69) is 5.32 Å². The number of hydrogen-bond acceptors (Lipinski definition) is 3. The van der Waals surface area contributed by atoms with Crippen molar-refractivity contribution >= 4 is 11.8 Å². The van der Waals surface area contributed by atoms with Crippen molar-refractivity contribution in [2.24, 2.45) is 0 Å². The predicted molar refractivity (Wildman–Crippen MR) is 67.7 cm³/mol. The van der Waals surface area contributed by atoms with Crippen LogP contribution in [0.5, 0.6) is 0 Å². The third kappa shape index (κ3) is 2.04. The first-order valence-corrected chi connectivity index (χ1v) is 6.51. The number of hydrogen-bond donors (Lipinski definition) is 1. The van der Waals surface area contributed by atoms with Gasteiger partial charge in [0.25, 0.3) is 11.8 Å². The summed E-state index contributed by atoms with van der Waals surface area (Å²) in [6.07, 6.45) is 0.635. The van der Waals surface area contributed by atoms with Gasteiger partial charge in [0.2, 0.25) is 0 Å². The lowest BCUT2D eigenvalue weighted by molar-refractivity contribution is 0.0647. The van der Waals surface area contributed by atoms with Gasteiger partial charge in [-0.1, -0.05) is 12.1 Å². The number of fused-ring (bicyclic) bond motifs is 1. The number of alkyl halides is 1. The van der Waals surface area contributed by atoms with Crippen LogP contribution >= 0.6 is 0 Å². The summed E-state index contributed by atoms with van der Waals surface area (Å²) in [5, 5.41) is 3.04. The largest absolute Gasteiger partial charge is 0.309 e. The number of benzene rings is 1. The summed E-state index contributed by atoms with van der Waals surface area (Å²) in [5.74, 6) is -0.513. The number of carbonyl (C=O) groups is 2. The summed E-state index contributed by atoms with van der Waals surface area (Å²) in [7, 11) is 0. The van der Waals surface area contributed by atoms with Crippen LogP contribution in [0.1, 0.15) is 33.6 Å². The van der Waals surface area contributed by atoms with E-state index in [1.165, 1.54) is 4.90 Å².